The Morgan fingerprint density at radius 3 is 2.62 bits per heavy atom. The molecule has 1 aliphatic heterocycles. The van der Waals surface area contributed by atoms with Crippen molar-refractivity contribution in [3.05, 3.63) is 16.5 Å². The van der Waals surface area contributed by atoms with Gasteiger partial charge < -0.3 is 15.0 Å². The number of nitrogens with one attached hydrogen (secondary N) is 1. The van der Waals surface area contributed by atoms with E-state index in [1.165, 1.54) is 6.33 Å². The van der Waals surface area contributed by atoms with Crippen LogP contribution in [0, 0.1) is 6.92 Å². The Morgan fingerprint density at radius 1 is 1.35 bits per heavy atom. The second kappa shape index (κ2) is 6.68. The van der Waals surface area contributed by atoms with Gasteiger partial charge in [0.05, 0.1) is 10.2 Å². The molecule has 1 fully saturated rings. The van der Waals surface area contributed by atoms with Crippen molar-refractivity contribution in [3.63, 3.8) is 0 Å². The van der Waals surface area contributed by atoms with Crippen LogP contribution in [0.1, 0.15) is 46.2 Å². The van der Waals surface area contributed by atoms with Gasteiger partial charge in [0, 0.05) is 18.6 Å². The van der Waals surface area contributed by atoms with Gasteiger partial charge in [-0.3, -0.25) is 0 Å². The van der Waals surface area contributed by atoms with E-state index in [0.29, 0.717) is 0 Å². The quantitative estimate of drug-likeness (QED) is 0.796. The minimum absolute atomic E-state index is 0.301. The fourth-order valence-electron chi connectivity index (χ4n) is 3.03. The summed E-state index contributed by atoms with van der Waals surface area (Å²) in [5.41, 5.74) is 0.831. The minimum Gasteiger partial charge on any atom is -0.444 e. The summed E-state index contributed by atoms with van der Waals surface area (Å²) in [6.07, 6.45) is 2.74. The zero-order valence-electron chi connectivity index (χ0n) is 15.8. The largest absolute Gasteiger partial charge is 0.444 e. The van der Waals surface area contributed by atoms with E-state index in [-0.39, 0.29) is 11.6 Å². The molecular weight excluding hydrogens is 400 g/mol. The number of alkyl carbamates (subject to hydrolysis) is 1. The van der Waals surface area contributed by atoms with Crippen LogP contribution in [0.5, 0.6) is 0 Å². The van der Waals surface area contributed by atoms with Crippen LogP contribution in [0.3, 0.4) is 0 Å². The predicted octanol–water partition coefficient (Wildman–Crippen LogP) is 3.08. The highest BCUT2D eigenvalue weighted by atomic mass is 79.9. The number of halogens is 1. The van der Waals surface area contributed by atoms with Crippen molar-refractivity contribution in [2.75, 3.05) is 18.0 Å². The molecule has 8 nitrogen and oxygen atoms in total. The summed E-state index contributed by atoms with van der Waals surface area (Å²) in [6.45, 7) is 11.1. The molecule has 0 aliphatic carbocycles. The van der Waals surface area contributed by atoms with E-state index >= 15 is 0 Å². The van der Waals surface area contributed by atoms with Crippen molar-refractivity contribution in [2.24, 2.45) is 0 Å². The number of amides is 1. The zero-order valence-corrected chi connectivity index (χ0v) is 17.4. The number of hydrogen-bond donors (Lipinski definition) is 1. The number of fused-ring (bicyclic) bond motifs is 1. The van der Waals surface area contributed by atoms with Gasteiger partial charge in [0.25, 0.3) is 0 Å². The third-order valence-electron chi connectivity index (χ3n) is 4.47. The number of carbonyl (C=O) groups excluding carboxylic acids is 1. The molecule has 0 radical (unpaired) electrons. The number of carbonyl (C=O) groups is 1. The highest BCUT2D eigenvalue weighted by molar-refractivity contribution is 9.10. The lowest BCUT2D eigenvalue weighted by Gasteiger charge is -2.40. The van der Waals surface area contributed by atoms with Crippen molar-refractivity contribution in [1.29, 1.82) is 0 Å². The van der Waals surface area contributed by atoms with Crippen LogP contribution in [0.4, 0.5) is 10.7 Å². The van der Waals surface area contributed by atoms with Crippen molar-refractivity contribution >= 4 is 33.6 Å². The van der Waals surface area contributed by atoms with Crippen molar-refractivity contribution < 1.29 is 9.53 Å². The number of aromatic nitrogens is 4. The number of hydrogen-bond acceptors (Lipinski definition) is 6. The molecule has 1 N–H and O–H groups in total. The smallest absolute Gasteiger partial charge is 0.408 e. The maximum absolute atomic E-state index is 12.1. The number of piperidine rings is 1. The second-order valence-electron chi connectivity index (χ2n) is 7.98. The number of nitrogens with zero attached hydrogens (tertiary/aromatic N) is 5. The normalized spacial score (nSPS) is 17.4. The van der Waals surface area contributed by atoms with E-state index < -0.39 is 5.60 Å². The van der Waals surface area contributed by atoms with Crippen LogP contribution in [0.2, 0.25) is 0 Å². The molecule has 1 aliphatic rings. The first-order chi connectivity index (χ1) is 12.1. The lowest BCUT2D eigenvalue weighted by atomic mass is 9.90. The molecule has 3 rings (SSSR count). The summed E-state index contributed by atoms with van der Waals surface area (Å²) in [4.78, 5) is 23.3. The van der Waals surface area contributed by atoms with Crippen molar-refractivity contribution in [1.82, 2.24) is 24.9 Å². The molecule has 1 amide bonds. The molecule has 2 aromatic rings. The summed E-state index contributed by atoms with van der Waals surface area (Å²) in [5.74, 6) is 0.775. The van der Waals surface area contributed by atoms with E-state index in [9.17, 15) is 4.79 Å². The van der Waals surface area contributed by atoms with Crippen molar-refractivity contribution in [3.8, 4) is 0 Å². The van der Waals surface area contributed by atoms with Crippen LogP contribution in [0.15, 0.2) is 10.8 Å². The molecule has 1 saturated heterocycles. The number of ether oxygens (including phenoxy) is 1. The molecule has 0 unspecified atom stereocenters. The minimum atomic E-state index is -0.501. The third kappa shape index (κ3) is 3.92. The zero-order chi connectivity index (χ0) is 19.1. The first-order valence-electron chi connectivity index (χ1n) is 8.70. The van der Waals surface area contributed by atoms with Gasteiger partial charge in [-0.15, -0.1) is 0 Å². The van der Waals surface area contributed by atoms with Crippen LogP contribution in [-0.2, 0) is 4.74 Å². The lowest BCUT2D eigenvalue weighted by Crippen LogP contribution is -2.54. The molecule has 0 spiro atoms. The Bertz CT molecular complexity index is 821. The van der Waals surface area contributed by atoms with Crippen molar-refractivity contribution in [2.45, 2.75) is 58.6 Å². The summed E-state index contributed by atoms with van der Waals surface area (Å²) in [6, 6.07) is 0. The Morgan fingerprint density at radius 2 is 2.00 bits per heavy atom. The van der Waals surface area contributed by atoms with Gasteiger partial charge in [-0.2, -0.15) is 9.61 Å². The van der Waals surface area contributed by atoms with E-state index in [1.807, 2.05) is 27.7 Å². The molecular formula is C17H25BrN6O2. The molecule has 3 heterocycles. The first-order valence-corrected chi connectivity index (χ1v) is 9.49. The molecule has 0 bridgehead atoms. The number of rotatable bonds is 2. The predicted molar refractivity (Wildman–Crippen MR) is 102 cm³/mol. The fourth-order valence-corrected chi connectivity index (χ4v) is 3.38. The van der Waals surface area contributed by atoms with Crippen LogP contribution in [0.25, 0.3) is 5.65 Å². The van der Waals surface area contributed by atoms with E-state index in [0.717, 1.165) is 47.7 Å². The summed E-state index contributed by atoms with van der Waals surface area (Å²) >= 11 is 3.52. The first kappa shape index (κ1) is 18.9. The average Bonchev–Trinajstić information content (AvgIpc) is 2.99. The van der Waals surface area contributed by atoms with Gasteiger partial charge in [-0.25, -0.2) is 14.8 Å². The van der Waals surface area contributed by atoms with Gasteiger partial charge in [-0.05, 0) is 63.4 Å². The van der Waals surface area contributed by atoms with Crippen LogP contribution >= 0.6 is 15.9 Å². The van der Waals surface area contributed by atoms with Crippen LogP contribution in [-0.4, -0.2) is 49.9 Å². The lowest BCUT2D eigenvalue weighted by molar-refractivity contribution is 0.0448. The van der Waals surface area contributed by atoms with Gasteiger partial charge in [0.1, 0.15) is 11.9 Å². The van der Waals surface area contributed by atoms with E-state index in [4.69, 9.17) is 4.74 Å². The highest BCUT2D eigenvalue weighted by Crippen LogP contribution is 2.28. The molecule has 26 heavy (non-hydrogen) atoms. The number of anilines is 1. The summed E-state index contributed by atoms with van der Waals surface area (Å²) < 4.78 is 7.99. The Kier molecular flexibility index (Phi) is 4.85. The van der Waals surface area contributed by atoms with Gasteiger partial charge in [0.2, 0.25) is 5.95 Å². The second-order valence-corrected chi connectivity index (χ2v) is 8.77. The van der Waals surface area contributed by atoms with Gasteiger partial charge in [0.15, 0.2) is 5.65 Å². The summed E-state index contributed by atoms with van der Waals surface area (Å²) in [7, 11) is 0. The molecule has 2 aromatic heterocycles. The van der Waals surface area contributed by atoms with Gasteiger partial charge >= 0.3 is 6.09 Å². The van der Waals surface area contributed by atoms with Crippen LogP contribution < -0.4 is 10.2 Å². The molecule has 9 heteroatoms. The number of aryl methyl sites for hydroxylation is 1. The maximum Gasteiger partial charge on any atom is 0.408 e. The standard InChI is InChI=1S/C17H25BrN6O2/c1-11-12(18)13-19-10-20-24(13)14(21-11)23-8-6-17(5,7-9-23)22-15(25)26-16(2,3)4/h10H,6-9H2,1-5H3,(H,22,25). The van der Waals surface area contributed by atoms with Gasteiger partial charge in [-0.1, -0.05) is 0 Å². The third-order valence-corrected chi connectivity index (χ3v) is 5.40. The van der Waals surface area contributed by atoms with E-state index in [2.05, 4.69) is 48.1 Å². The molecule has 0 aromatic carbocycles. The van der Waals surface area contributed by atoms with E-state index in [1.54, 1.807) is 4.52 Å². The molecule has 0 atom stereocenters. The topological polar surface area (TPSA) is 84.7 Å². The molecule has 142 valence electrons. The molecule has 0 saturated carbocycles. The Hall–Kier alpha value is -1.90. The SMILES string of the molecule is Cc1nc(N2CCC(C)(NC(=O)OC(C)(C)C)CC2)n2ncnc2c1Br. The fraction of sp³-hybridized carbons (Fsp3) is 0.647. The maximum atomic E-state index is 12.1. The highest BCUT2D eigenvalue weighted by Gasteiger charge is 2.34. The average molecular weight is 425 g/mol. The summed E-state index contributed by atoms with van der Waals surface area (Å²) in [5, 5.41) is 7.33. The Balaban J connectivity index is 1.72. The monoisotopic (exact) mass is 424 g/mol. The Labute approximate surface area is 161 Å².